The van der Waals surface area contributed by atoms with Crippen molar-refractivity contribution >= 4 is 29.9 Å². The van der Waals surface area contributed by atoms with Gasteiger partial charge in [-0.2, -0.15) is 0 Å². The van der Waals surface area contributed by atoms with Crippen molar-refractivity contribution in [2.45, 2.75) is 44.8 Å². The van der Waals surface area contributed by atoms with Gasteiger partial charge in [0.25, 0.3) is 5.91 Å². The molecule has 1 aliphatic carbocycles. The van der Waals surface area contributed by atoms with Crippen LogP contribution >= 0.6 is 24.0 Å². The highest BCUT2D eigenvalue weighted by Gasteiger charge is 2.28. The molecule has 0 heterocycles. The zero-order chi connectivity index (χ0) is 16.9. The van der Waals surface area contributed by atoms with Crippen LogP contribution in [-0.4, -0.2) is 16.8 Å². The fourth-order valence-corrected chi connectivity index (χ4v) is 3.54. The molecule has 1 saturated carbocycles. The van der Waals surface area contributed by atoms with Gasteiger partial charge >= 0.3 is 0 Å². The minimum absolute atomic E-state index is 0. The standard InChI is InChI=1S/C20H23ClN2O.ClH/c21-19-8-4-1-5-17(19)14-23(18-6-2-3-7-18)20(24)16-11-9-15(13-22)10-12-16;/h1,4-5,8-12,18H,2-3,6-7,13-14,22H2;1H. The molecule has 0 unspecified atom stereocenters. The monoisotopic (exact) mass is 378 g/mol. The molecule has 0 atom stereocenters. The van der Waals surface area contributed by atoms with Crippen molar-refractivity contribution in [2.75, 3.05) is 0 Å². The largest absolute Gasteiger partial charge is 0.331 e. The van der Waals surface area contributed by atoms with E-state index in [1.54, 1.807) is 0 Å². The van der Waals surface area contributed by atoms with Gasteiger partial charge in [0, 0.05) is 29.7 Å². The minimum atomic E-state index is 0. The minimum Gasteiger partial charge on any atom is -0.331 e. The van der Waals surface area contributed by atoms with Gasteiger partial charge in [0.05, 0.1) is 0 Å². The van der Waals surface area contributed by atoms with Crippen LogP contribution in [0.4, 0.5) is 0 Å². The van der Waals surface area contributed by atoms with Gasteiger partial charge in [-0.25, -0.2) is 0 Å². The highest BCUT2D eigenvalue weighted by Crippen LogP contribution is 2.28. The number of benzene rings is 2. The topological polar surface area (TPSA) is 46.3 Å². The fourth-order valence-electron chi connectivity index (χ4n) is 3.34. The first-order valence-electron chi connectivity index (χ1n) is 8.52. The zero-order valence-electron chi connectivity index (χ0n) is 14.2. The van der Waals surface area contributed by atoms with Crippen LogP contribution in [0.25, 0.3) is 0 Å². The van der Waals surface area contributed by atoms with Crippen molar-refractivity contribution in [3.05, 3.63) is 70.2 Å². The van der Waals surface area contributed by atoms with Crippen LogP contribution in [0.3, 0.4) is 0 Å². The van der Waals surface area contributed by atoms with Crippen LogP contribution in [0, 0.1) is 0 Å². The third-order valence-corrected chi connectivity index (χ3v) is 5.13. The van der Waals surface area contributed by atoms with Crippen LogP contribution in [0.1, 0.15) is 47.2 Å². The highest BCUT2D eigenvalue weighted by molar-refractivity contribution is 6.31. The van der Waals surface area contributed by atoms with Gasteiger partial charge < -0.3 is 10.6 Å². The number of hydrogen-bond acceptors (Lipinski definition) is 2. The first kappa shape index (κ1) is 19.8. The van der Waals surface area contributed by atoms with E-state index < -0.39 is 0 Å². The normalized spacial score (nSPS) is 14.2. The molecule has 2 aromatic carbocycles. The molecule has 0 aromatic heterocycles. The summed E-state index contributed by atoms with van der Waals surface area (Å²) < 4.78 is 0. The SMILES string of the molecule is Cl.NCc1ccc(C(=O)N(Cc2ccccc2Cl)C2CCCC2)cc1. The third-order valence-electron chi connectivity index (χ3n) is 4.76. The third kappa shape index (κ3) is 4.75. The summed E-state index contributed by atoms with van der Waals surface area (Å²) in [5.41, 5.74) is 8.39. The molecule has 0 spiro atoms. The summed E-state index contributed by atoms with van der Waals surface area (Å²) in [6.07, 6.45) is 4.50. The Morgan fingerprint density at radius 3 is 2.32 bits per heavy atom. The quantitative estimate of drug-likeness (QED) is 0.811. The van der Waals surface area contributed by atoms with Crippen LogP contribution in [0.15, 0.2) is 48.5 Å². The van der Waals surface area contributed by atoms with Crippen molar-refractivity contribution in [2.24, 2.45) is 5.73 Å². The Balaban J connectivity index is 0.00000225. The zero-order valence-corrected chi connectivity index (χ0v) is 15.7. The molecular weight excluding hydrogens is 355 g/mol. The molecule has 3 rings (SSSR count). The van der Waals surface area contributed by atoms with Gasteiger partial charge in [-0.3, -0.25) is 4.79 Å². The number of halogens is 2. The average Bonchev–Trinajstić information content (AvgIpc) is 3.15. The molecule has 0 radical (unpaired) electrons. The number of carbonyl (C=O) groups is 1. The number of nitrogens with two attached hydrogens (primary N) is 1. The second-order valence-corrected chi connectivity index (χ2v) is 6.77. The summed E-state index contributed by atoms with van der Waals surface area (Å²) in [5.74, 6) is 0.0744. The maximum atomic E-state index is 13.1. The molecule has 0 aliphatic heterocycles. The number of nitrogens with zero attached hydrogens (tertiary/aromatic N) is 1. The first-order chi connectivity index (χ1) is 11.7. The van der Waals surface area contributed by atoms with E-state index in [2.05, 4.69) is 0 Å². The van der Waals surface area contributed by atoms with Crippen LogP contribution in [0.5, 0.6) is 0 Å². The van der Waals surface area contributed by atoms with E-state index in [1.165, 1.54) is 12.8 Å². The van der Waals surface area contributed by atoms with E-state index in [-0.39, 0.29) is 18.3 Å². The molecule has 1 fully saturated rings. The van der Waals surface area contributed by atoms with Crippen LogP contribution in [-0.2, 0) is 13.1 Å². The predicted octanol–water partition coefficient (Wildman–Crippen LogP) is 4.81. The van der Waals surface area contributed by atoms with Crippen molar-refractivity contribution in [3.63, 3.8) is 0 Å². The van der Waals surface area contributed by atoms with E-state index in [1.807, 2.05) is 53.4 Å². The van der Waals surface area contributed by atoms with Gasteiger partial charge in [-0.15, -0.1) is 12.4 Å². The lowest BCUT2D eigenvalue weighted by Gasteiger charge is -2.29. The Labute approximate surface area is 160 Å². The number of amides is 1. The van der Waals surface area contributed by atoms with E-state index in [9.17, 15) is 4.79 Å². The summed E-state index contributed by atoms with van der Waals surface area (Å²) in [4.78, 5) is 15.1. The summed E-state index contributed by atoms with van der Waals surface area (Å²) in [5, 5.41) is 0.715. The second kappa shape index (κ2) is 9.23. The van der Waals surface area contributed by atoms with E-state index in [4.69, 9.17) is 17.3 Å². The maximum Gasteiger partial charge on any atom is 0.254 e. The lowest BCUT2D eigenvalue weighted by molar-refractivity contribution is 0.0664. The van der Waals surface area contributed by atoms with E-state index >= 15 is 0 Å². The van der Waals surface area contributed by atoms with Crippen molar-refractivity contribution in [1.29, 1.82) is 0 Å². The van der Waals surface area contributed by atoms with Gasteiger partial charge in [-0.1, -0.05) is 54.8 Å². The maximum absolute atomic E-state index is 13.1. The molecule has 134 valence electrons. The van der Waals surface area contributed by atoms with Gasteiger partial charge in [0.2, 0.25) is 0 Å². The van der Waals surface area contributed by atoms with Crippen LogP contribution < -0.4 is 5.73 Å². The van der Waals surface area contributed by atoms with Gasteiger partial charge in [0.1, 0.15) is 0 Å². The Bertz CT molecular complexity index is 697. The molecule has 0 bridgehead atoms. The van der Waals surface area contributed by atoms with Crippen molar-refractivity contribution in [3.8, 4) is 0 Å². The molecule has 5 heteroatoms. The smallest absolute Gasteiger partial charge is 0.254 e. The molecule has 2 N–H and O–H groups in total. The Morgan fingerprint density at radius 1 is 1.08 bits per heavy atom. The molecule has 25 heavy (non-hydrogen) atoms. The van der Waals surface area contributed by atoms with E-state index in [0.717, 1.165) is 24.0 Å². The van der Waals surface area contributed by atoms with E-state index in [0.29, 0.717) is 29.7 Å². The number of rotatable bonds is 5. The summed E-state index contributed by atoms with van der Waals surface area (Å²) in [7, 11) is 0. The lowest BCUT2D eigenvalue weighted by Crippen LogP contribution is -2.38. The summed E-state index contributed by atoms with van der Waals surface area (Å²) >= 11 is 6.31. The number of hydrogen-bond donors (Lipinski definition) is 1. The average molecular weight is 379 g/mol. The van der Waals surface area contributed by atoms with Crippen molar-refractivity contribution in [1.82, 2.24) is 4.90 Å². The lowest BCUT2D eigenvalue weighted by atomic mass is 10.1. The highest BCUT2D eigenvalue weighted by atomic mass is 35.5. The predicted molar refractivity (Wildman–Crippen MR) is 105 cm³/mol. The fraction of sp³-hybridized carbons (Fsp3) is 0.350. The molecule has 1 aliphatic rings. The summed E-state index contributed by atoms with van der Waals surface area (Å²) in [6.45, 7) is 1.04. The second-order valence-electron chi connectivity index (χ2n) is 6.36. The Morgan fingerprint density at radius 2 is 1.72 bits per heavy atom. The Kier molecular flexibility index (Phi) is 7.30. The molecule has 2 aromatic rings. The Hall–Kier alpha value is -1.55. The summed E-state index contributed by atoms with van der Waals surface area (Å²) in [6, 6.07) is 15.7. The first-order valence-corrected chi connectivity index (χ1v) is 8.90. The van der Waals surface area contributed by atoms with Gasteiger partial charge in [0.15, 0.2) is 0 Å². The molecule has 3 nitrogen and oxygen atoms in total. The molecule has 1 amide bonds. The van der Waals surface area contributed by atoms with Crippen LogP contribution in [0.2, 0.25) is 5.02 Å². The molecular formula is C20H24Cl2N2O. The van der Waals surface area contributed by atoms with Crippen molar-refractivity contribution < 1.29 is 4.79 Å². The van der Waals surface area contributed by atoms with Gasteiger partial charge in [-0.05, 0) is 42.2 Å². The molecule has 0 saturated heterocycles. The number of carbonyl (C=O) groups excluding carboxylic acids is 1.